The first-order valence-corrected chi connectivity index (χ1v) is 13.4. The van der Waals surface area contributed by atoms with Gasteiger partial charge >= 0.3 is 0 Å². The Balaban J connectivity index is 1.20. The van der Waals surface area contributed by atoms with Gasteiger partial charge in [0.05, 0.1) is 10.9 Å². The van der Waals surface area contributed by atoms with E-state index in [9.17, 15) is 9.59 Å². The molecule has 0 spiro atoms. The Bertz CT molecular complexity index is 1510. The lowest BCUT2D eigenvalue weighted by Crippen LogP contribution is -2.47. The van der Waals surface area contributed by atoms with Crippen LogP contribution in [0.5, 0.6) is 0 Å². The molecule has 0 atom stereocenters. The van der Waals surface area contributed by atoms with E-state index in [0.717, 1.165) is 49.7 Å². The molecule has 0 unspecified atom stereocenters. The van der Waals surface area contributed by atoms with Crippen LogP contribution >= 0.6 is 11.6 Å². The number of carbonyl (C=O) groups excluding carboxylic acids is 1. The molecule has 6 nitrogen and oxygen atoms in total. The van der Waals surface area contributed by atoms with E-state index in [4.69, 9.17) is 16.0 Å². The zero-order valence-electron chi connectivity index (χ0n) is 21.8. The van der Waals surface area contributed by atoms with Gasteiger partial charge < -0.3 is 14.6 Å². The van der Waals surface area contributed by atoms with Crippen molar-refractivity contribution >= 4 is 34.2 Å². The highest BCUT2D eigenvalue weighted by Gasteiger charge is 2.20. The van der Waals surface area contributed by atoms with Crippen molar-refractivity contribution in [2.24, 2.45) is 0 Å². The zero-order chi connectivity index (χ0) is 26.6. The number of rotatable bonds is 7. The third kappa shape index (κ3) is 5.47. The second kappa shape index (κ2) is 11.4. The molecule has 1 aliphatic heterocycles. The summed E-state index contributed by atoms with van der Waals surface area (Å²) in [4.78, 5) is 31.0. The molecular formula is C31H32ClN3O3. The maximum atomic E-state index is 13.1. The number of amides is 1. The van der Waals surface area contributed by atoms with E-state index in [1.165, 1.54) is 11.3 Å². The van der Waals surface area contributed by atoms with Crippen LogP contribution in [-0.2, 0) is 0 Å². The molecule has 1 saturated heterocycles. The smallest absolute Gasteiger partial charge is 0.255 e. The van der Waals surface area contributed by atoms with E-state index in [0.29, 0.717) is 34.4 Å². The number of aryl methyl sites for hydroxylation is 1. The van der Waals surface area contributed by atoms with Crippen molar-refractivity contribution in [1.82, 2.24) is 10.2 Å². The Kier molecular flexibility index (Phi) is 7.82. The second-order valence-corrected chi connectivity index (χ2v) is 10.2. The molecule has 1 N–H and O–H groups in total. The minimum Gasteiger partial charge on any atom is -0.455 e. The molecular weight excluding hydrogens is 498 g/mol. The van der Waals surface area contributed by atoms with E-state index < -0.39 is 0 Å². The summed E-state index contributed by atoms with van der Waals surface area (Å²) in [6.45, 7) is 9.17. The lowest BCUT2D eigenvalue weighted by atomic mass is 10.0. The Morgan fingerprint density at radius 2 is 1.74 bits per heavy atom. The number of halogens is 1. The Morgan fingerprint density at radius 3 is 2.50 bits per heavy atom. The van der Waals surface area contributed by atoms with Gasteiger partial charge in [-0.15, -0.1) is 0 Å². The highest BCUT2D eigenvalue weighted by atomic mass is 35.5. The third-order valence-corrected chi connectivity index (χ3v) is 7.48. The predicted octanol–water partition coefficient (Wildman–Crippen LogP) is 5.67. The number of anilines is 1. The van der Waals surface area contributed by atoms with Gasteiger partial charge in [-0.25, -0.2) is 0 Å². The minimum atomic E-state index is -0.233. The molecule has 0 radical (unpaired) electrons. The van der Waals surface area contributed by atoms with Crippen LogP contribution in [-0.4, -0.2) is 50.1 Å². The number of fused-ring (bicyclic) bond motifs is 1. The van der Waals surface area contributed by atoms with E-state index in [1.807, 2.05) is 42.5 Å². The first-order valence-electron chi connectivity index (χ1n) is 13.1. The summed E-state index contributed by atoms with van der Waals surface area (Å²) in [6, 6.07) is 20.7. The van der Waals surface area contributed by atoms with Crippen molar-refractivity contribution in [3.05, 3.63) is 98.7 Å². The molecule has 2 heterocycles. The average molecular weight is 530 g/mol. The first-order chi connectivity index (χ1) is 18.4. The molecule has 5 rings (SSSR count). The topological polar surface area (TPSA) is 65.8 Å². The fourth-order valence-corrected chi connectivity index (χ4v) is 5.26. The Hall–Kier alpha value is -3.61. The summed E-state index contributed by atoms with van der Waals surface area (Å²) in [7, 11) is 0. The largest absolute Gasteiger partial charge is 0.455 e. The fraction of sp³-hybridized carbons (Fsp3) is 0.290. The summed E-state index contributed by atoms with van der Waals surface area (Å²) < 4.78 is 6.19. The lowest BCUT2D eigenvalue weighted by Gasteiger charge is -2.37. The standard InChI is InChI=1S/C31H32ClN3O3/c1-21-12-13-24(32)20-27(21)35-18-16-34(17-19-35)15-7-14-33-31(37)26-11-6-10-25-28(36)22(2)29(38-30(25)26)23-8-4-3-5-9-23/h3-6,8-13,20H,7,14-19H2,1-2H3,(H,33,37). The van der Waals surface area contributed by atoms with Gasteiger partial charge in [0.15, 0.2) is 11.0 Å². The van der Waals surface area contributed by atoms with Crippen LogP contribution in [0.25, 0.3) is 22.3 Å². The first kappa shape index (κ1) is 26.0. The van der Waals surface area contributed by atoms with Crippen molar-refractivity contribution in [3.63, 3.8) is 0 Å². The molecule has 0 bridgehead atoms. The van der Waals surface area contributed by atoms with Gasteiger partial charge in [0.1, 0.15) is 5.76 Å². The van der Waals surface area contributed by atoms with Gasteiger partial charge in [-0.3, -0.25) is 14.5 Å². The highest BCUT2D eigenvalue weighted by molar-refractivity contribution is 6.30. The zero-order valence-corrected chi connectivity index (χ0v) is 22.6. The molecule has 4 aromatic rings. The Morgan fingerprint density at radius 1 is 0.974 bits per heavy atom. The van der Waals surface area contributed by atoms with Gasteiger partial charge in [-0.05, 0) is 56.6 Å². The van der Waals surface area contributed by atoms with Crippen LogP contribution in [0.3, 0.4) is 0 Å². The summed E-state index contributed by atoms with van der Waals surface area (Å²) in [5.41, 5.74) is 4.37. The van der Waals surface area contributed by atoms with Crippen LogP contribution in [0.2, 0.25) is 5.02 Å². The van der Waals surface area contributed by atoms with Gasteiger partial charge in [0.2, 0.25) is 0 Å². The summed E-state index contributed by atoms with van der Waals surface area (Å²) in [5.74, 6) is 0.262. The molecule has 0 saturated carbocycles. The van der Waals surface area contributed by atoms with Crippen LogP contribution in [0, 0.1) is 13.8 Å². The number of nitrogens with zero attached hydrogens (tertiary/aromatic N) is 2. The van der Waals surface area contributed by atoms with Crippen LogP contribution in [0.1, 0.15) is 27.9 Å². The lowest BCUT2D eigenvalue weighted by molar-refractivity contribution is 0.0952. The van der Waals surface area contributed by atoms with Crippen LogP contribution < -0.4 is 15.6 Å². The van der Waals surface area contributed by atoms with E-state index in [-0.39, 0.29) is 11.3 Å². The predicted molar refractivity (Wildman–Crippen MR) is 154 cm³/mol. The summed E-state index contributed by atoms with van der Waals surface area (Å²) in [5, 5.41) is 4.20. The quantitative estimate of drug-likeness (QED) is 0.312. The van der Waals surface area contributed by atoms with Gasteiger partial charge in [-0.2, -0.15) is 0 Å². The number of hydrogen-bond donors (Lipinski definition) is 1. The van der Waals surface area contributed by atoms with Crippen molar-refractivity contribution in [1.29, 1.82) is 0 Å². The van der Waals surface area contributed by atoms with Gasteiger partial charge in [0, 0.05) is 54.6 Å². The van der Waals surface area contributed by atoms with E-state index in [2.05, 4.69) is 28.1 Å². The molecule has 196 valence electrons. The molecule has 1 aromatic heterocycles. The normalized spacial score (nSPS) is 14.1. The molecule has 7 heteroatoms. The third-order valence-electron chi connectivity index (χ3n) is 7.25. The van der Waals surface area contributed by atoms with Crippen molar-refractivity contribution in [3.8, 4) is 11.3 Å². The number of carbonyl (C=O) groups is 1. The number of nitrogens with one attached hydrogen (secondary N) is 1. The number of piperazine rings is 1. The SMILES string of the molecule is Cc1ccc(Cl)cc1N1CCN(CCCNC(=O)c2cccc3c(=O)c(C)c(-c4ccccc4)oc23)CC1. The molecule has 1 aliphatic rings. The van der Waals surface area contributed by atoms with Crippen LogP contribution in [0.15, 0.2) is 75.9 Å². The molecule has 0 aliphatic carbocycles. The molecule has 1 fully saturated rings. The fourth-order valence-electron chi connectivity index (χ4n) is 5.09. The average Bonchev–Trinajstić information content (AvgIpc) is 2.94. The van der Waals surface area contributed by atoms with Crippen molar-refractivity contribution < 1.29 is 9.21 Å². The van der Waals surface area contributed by atoms with Crippen LogP contribution in [0.4, 0.5) is 5.69 Å². The van der Waals surface area contributed by atoms with Gasteiger partial charge in [0.25, 0.3) is 5.91 Å². The number of benzene rings is 3. The van der Waals surface area contributed by atoms with E-state index >= 15 is 0 Å². The number of para-hydroxylation sites is 1. The second-order valence-electron chi connectivity index (χ2n) is 9.80. The van der Waals surface area contributed by atoms with Crippen molar-refractivity contribution in [2.75, 3.05) is 44.2 Å². The van der Waals surface area contributed by atoms with E-state index in [1.54, 1.807) is 25.1 Å². The maximum absolute atomic E-state index is 13.1. The molecule has 1 amide bonds. The van der Waals surface area contributed by atoms with Gasteiger partial charge in [-0.1, -0.05) is 54.1 Å². The summed E-state index contributed by atoms with van der Waals surface area (Å²) in [6.07, 6.45) is 0.838. The Labute approximate surface area is 227 Å². The van der Waals surface area contributed by atoms with Crippen molar-refractivity contribution in [2.45, 2.75) is 20.3 Å². The molecule has 3 aromatic carbocycles. The minimum absolute atomic E-state index is 0.119. The summed E-state index contributed by atoms with van der Waals surface area (Å²) >= 11 is 6.21. The highest BCUT2D eigenvalue weighted by Crippen LogP contribution is 2.28. The monoisotopic (exact) mass is 529 g/mol. The maximum Gasteiger partial charge on any atom is 0.255 e. The number of hydrogen-bond acceptors (Lipinski definition) is 5. The molecule has 38 heavy (non-hydrogen) atoms.